The Hall–Kier alpha value is -2.01. The number of carbonyl (C=O) groups is 2. The van der Waals surface area contributed by atoms with Crippen LogP contribution in [0.25, 0.3) is 10.9 Å². The first-order valence-corrected chi connectivity index (χ1v) is 5.43. The van der Waals surface area contributed by atoms with E-state index in [0.29, 0.717) is 21.7 Å². The Kier molecular flexibility index (Phi) is 3.25. The number of benzene rings is 1. The molecule has 1 heterocycles. The first kappa shape index (κ1) is 12.4. The monoisotopic (exact) mass is 267 g/mol. The quantitative estimate of drug-likeness (QED) is 0.526. The predicted octanol–water partition coefficient (Wildman–Crippen LogP) is 2.19. The minimum absolute atomic E-state index is 0.229. The molecule has 0 amide bonds. The van der Waals surface area contributed by atoms with Crippen molar-refractivity contribution in [2.24, 2.45) is 0 Å². The predicted molar refractivity (Wildman–Crippen MR) is 66.2 cm³/mol. The van der Waals surface area contributed by atoms with Crippen LogP contribution in [0, 0.1) is 0 Å². The first-order valence-electron chi connectivity index (χ1n) is 5.05. The van der Waals surface area contributed by atoms with E-state index in [4.69, 9.17) is 16.3 Å². The molecule has 0 aliphatic rings. The molecule has 0 radical (unpaired) electrons. The van der Waals surface area contributed by atoms with Crippen molar-refractivity contribution in [1.82, 2.24) is 4.98 Å². The minimum Gasteiger partial charge on any atom is -0.495 e. The molecule has 18 heavy (non-hydrogen) atoms. The number of aromatic nitrogens is 1. The molecule has 2 rings (SSSR count). The van der Waals surface area contributed by atoms with Crippen LogP contribution >= 0.6 is 11.6 Å². The Labute approximate surface area is 108 Å². The van der Waals surface area contributed by atoms with E-state index in [2.05, 4.69) is 9.72 Å². The van der Waals surface area contributed by atoms with Gasteiger partial charge in [0.1, 0.15) is 5.75 Å². The maximum absolute atomic E-state index is 11.8. The third-order valence-corrected chi connectivity index (χ3v) is 2.86. The second-order valence-corrected chi connectivity index (χ2v) is 3.96. The normalized spacial score (nSPS) is 10.4. The van der Waals surface area contributed by atoms with Gasteiger partial charge >= 0.3 is 5.97 Å². The number of methoxy groups -OCH3 is 2. The molecule has 1 N–H and O–H groups in total. The smallest absolute Gasteiger partial charge is 0.379 e. The van der Waals surface area contributed by atoms with Gasteiger partial charge in [0.15, 0.2) is 0 Å². The minimum atomic E-state index is -0.912. The van der Waals surface area contributed by atoms with Crippen molar-refractivity contribution in [3.63, 3.8) is 0 Å². The molecule has 2 aromatic rings. The fourth-order valence-corrected chi connectivity index (χ4v) is 1.91. The van der Waals surface area contributed by atoms with Crippen LogP contribution in [-0.4, -0.2) is 31.0 Å². The zero-order valence-electron chi connectivity index (χ0n) is 9.74. The van der Waals surface area contributed by atoms with Crippen LogP contribution in [0.1, 0.15) is 10.4 Å². The zero-order valence-corrected chi connectivity index (χ0v) is 10.5. The van der Waals surface area contributed by atoms with Gasteiger partial charge in [-0.15, -0.1) is 0 Å². The fraction of sp³-hybridized carbons (Fsp3) is 0.167. The number of ketones is 1. The van der Waals surface area contributed by atoms with Crippen molar-refractivity contribution in [2.75, 3.05) is 14.2 Å². The highest BCUT2D eigenvalue weighted by molar-refractivity contribution is 6.43. The van der Waals surface area contributed by atoms with Crippen molar-refractivity contribution in [1.29, 1.82) is 0 Å². The molecule has 0 aliphatic heterocycles. The summed E-state index contributed by atoms with van der Waals surface area (Å²) in [5, 5.41) is 0.982. The highest BCUT2D eigenvalue weighted by Crippen LogP contribution is 2.31. The van der Waals surface area contributed by atoms with E-state index in [0.717, 1.165) is 7.11 Å². The Morgan fingerprint density at radius 1 is 1.28 bits per heavy atom. The lowest BCUT2D eigenvalue weighted by molar-refractivity contribution is -0.135. The van der Waals surface area contributed by atoms with Gasteiger partial charge in [-0.2, -0.15) is 0 Å². The van der Waals surface area contributed by atoms with E-state index in [1.54, 1.807) is 12.1 Å². The van der Waals surface area contributed by atoms with Crippen LogP contribution in [0.4, 0.5) is 0 Å². The van der Waals surface area contributed by atoms with E-state index < -0.39 is 11.8 Å². The Bertz CT molecular complexity index is 632. The molecule has 0 saturated heterocycles. The number of aromatic amines is 1. The van der Waals surface area contributed by atoms with Crippen LogP contribution in [0.5, 0.6) is 5.75 Å². The standard InChI is InChI=1S/C12H10ClNO4/c1-17-10-3-6-7(11(15)12(16)18-2)5-14-9(6)4-8(10)13/h3-5,14H,1-2H3. The lowest BCUT2D eigenvalue weighted by Crippen LogP contribution is -2.15. The number of rotatable bonds is 3. The number of carbonyl (C=O) groups excluding carboxylic acids is 2. The molecule has 1 aromatic carbocycles. The van der Waals surface area contributed by atoms with Crippen LogP contribution < -0.4 is 4.74 Å². The molecule has 0 aliphatic carbocycles. The van der Waals surface area contributed by atoms with Gasteiger partial charge in [0.25, 0.3) is 5.78 Å². The van der Waals surface area contributed by atoms with E-state index in [-0.39, 0.29) is 5.56 Å². The topological polar surface area (TPSA) is 68.4 Å². The molecule has 6 heteroatoms. The number of hydrogen-bond donors (Lipinski definition) is 1. The number of esters is 1. The Balaban J connectivity index is 2.60. The third kappa shape index (κ3) is 1.93. The van der Waals surface area contributed by atoms with Crippen molar-refractivity contribution >= 4 is 34.3 Å². The number of hydrogen-bond acceptors (Lipinski definition) is 4. The molecule has 5 nitrogen and oxygen atoms in total. The fourth-order valence-electron chi connectivity index (χ4n) is 1.67. The summed E-state index contributed by atoms with van der Waals surface area (Å²) in [7, 11) is 2.63. The lowest BCUT2D eigenvalue weighted by Gasteiger charge is -2.03. The SMILES string of the molecule is COC(=O)C(=O)c1c[nH]c2cc(Cl)c(OC)cc12. The second kappa shape index (κ2) is 4.70. The maximum Gasteiger partial charge on any atom is 0.379 e. The molecular formula is C12H10ClNO4. The van der Waals surface area contributed by atoms with Gasteiger partial charge in [-0.3, -0.25) is 4.79 Å². The van der Waals surface area contributed by atoms with Crippen molar-refractivity contribution in [2.45, 2.75) is 0 Å². The molecule has 0 spiro atoms. The average molecular weight is 268 g/mol. The molecule has 0 saturated carbocycles. The summed E-state index contributed by atoms with van der Waals surface area (Å²) < 4.78 is 9.48. The summed E-state index contributed by atoms with van der Waals surface area (Å²) in [6, 6.07) is 3.23. The summed E-state index contributed by atoms with van der Waals surface area (Å²) in [4.78, 5) is 25.9. The highest BCUT2D eigenvalue weighted by Gasteiger charge is 2.21. The maximum atomic E-state index is 11.8. The Morgan fingerprint density at radius 3 is 2.61 bits per heavy atom. The number of H-pyrrole nitrogens is 1. The molecule has 0 atom stereocenters. The summed E-state index contributed by atoms with van der Waals surface area (Å²) in [6.45, 7) is 0. The number of halogens is 1. The van der Waals surface area contributed by atoms with Gasteiger partial charge in [-0.25, -0.2) is 4.79 Å². The summed E-state index contributed by atoms with van der Waals surface area (Å²) in [5.41, 5.74) is 0.875. The van der Waals surface area contributed by atoms with Crippen LogP contribution in [-0.2, 0) is 9.53 Å². The van der Waals surface area contributed by atoms with Gasteiger partial charge < -0.3 is 14.5 Å². The lowest BCUT2D eigenvalue weighted by atomic mass is 10.1. The van der Waals surface area contributed by atoms with Gasteiger partial charge in [0, 0.05) is 17.1 Å². The molecular weight excluding hydrogens is 258 g/mol. The summed E-state index contributed by atoms with van der Waals surface area (Å²) in [6.07, 6.45) is 1.44. The van der Waals surface area contributed by atoms with E-state index >= 15 is 0 Å². The van der Waals surface area contributed by atoms with Gasteiger partial charge in [-0.1, -0.05) is 11.6 Å². The number of nitrogens with one attached hydrogen (secondary N) is 1. The largest absolute Gasteiger partial charge is 0.495 e. The highest BCUT2D eigenvalue weighted by atomic mass is 35.5. The molecule has 0 fully saturated rings. The zero-order chi connectivity index (χ0) is 13.3. The van der Waals surface area contributed by atoms with Crippen molar-refractivity contribution < 1.29 is 19.1 Å². The average Bonchev–Trinajstić information content (AvgIpc) is 2.78. The van der Waals surface area contributed by atoms with Gasteiger partial charge in [-0.05, 0) is 12.1 Å². The van der Waals surface area contributed by atoms with Gasteiger partial charge in [0.05, 0.1) is 24.8 Å². The summed E-state index contributed by atoms with van der Waals surface area (Å²) in [5.74, 6) is -1.19. The first-order chi connectivity index (χ1) is 8.58. The molecule has 1 aromatic heterocycles. The third-order valence-electron chi connectivity index (χ3n) is 2.57. The van der Waals surface area contributed by atoms with Crippen molar-refractivity contribution in [3.05, 3.63) is 28.9 Å². The number of Topliss-reactive ketones (excluding diaryl/α,β-unsaturated/α-hetero) is 1. The van der Waals surface area contributed by atoms with E-state index in [9.17, 15) is 9.59 Å². The van der Waals surface area contributed by atoms with Gasteiger partial charge in [0.2, 0.25) is 0 Å². The Morgan fingerprint density at radius 2 is 2.00 bits per heavy atom. The van der Waals surface area contributed by atoms with Crippen LogP contribution in [0.15, 0.2) is 18.3 Å². The molecule has 0 unspecified atom stereocenters. The van der Waals surface area contributed by atoms with E-state index in [1.807, 2.05) is 0 Å². The van der Waals surface area contributed by atoms with Crippen LogP contribution in [0.3, 0.4) is 0 Å². The molecule has 94 valence electrons. The van der Waals surface area contributed by atoms with Crippen LogP contribution in [0.2, 0.25) is 5.02 Å². The number of ether oxygens (including phenoxy) is 2. The van der Waals surface area contributed by atoms with E-state index in [1.165, 1.54) is 13.3 Å². The second-order valence-electron chi connectivity index (χ2n) is 3.56. The number of fused-ring (bicyclic) bond motifs is 1. The molecule has 0 bridgehead atoms. The van der Waals surface area contributed by atoms with Crippen molar-refractivity contribution in [3.8, 4) is 5.75 Å². The summed E-state index contributed by atoms with van der Waals surface area (Å²) >= 11 is 5.96.